The van der Waals surface area contributed by atoms with Gasteiger partial charge in [0.15, 0.2) is 6.10 Å². The highest BCUT2D eigenvalue weighted by Crippen LogP contribution is 2.49. The first kappa shape index (κ1) is 23.9. The quantitative estimate of drug-likeness (QED) is 0.405. The fraction of sp³-hybridized carbons (Fsp3) is 0.517. The predicted octanol–water partition coefficient (Wildman–Crippen LogP) is 5.52. The maximum Gasteiger partial charge on any atom is 0.303 e. The van der Waals surface area contributed by atoms with Gasteiger partial charge in [0, 0.05) is 17.2 Å². The first-order chi connectivity index (χ1) is 17.1. The van der Waals surface area contributed by atoms with Gasteiger partial charge in [-0.05, 0) is 49.1 Å². The summed E-state index contributed by atoms with van der Waals surface area (Å²) in [5.41, 5.74) is 1.99. The highest BCUT2D eigenvalue weighted by atomic mass is 16.9. The number of hydrogen-bond acceptors (Lipinski definition) is 5. The molecule has 0 aromatic heterocycles. The second-order valence-electron chi connectivity index (χ2n) is 10.2. The lowest BCUT2D eigenvalue weighted by Crippen LogP contribution is -2.53. The lowest BCUT2D eigenvalue weighted by Gasteiger charge is -2.43. The van der Waals surface area contributed by atoms with Crippen molar-refractivity contribution < 1.29 is 24.0 Å². The van der Waals surface area contributed by atoms with Gasteiger partial charge in [0.25, 0.3) is 0 Å². The Balaban J connectivity index is 1.50. The zero-order valence-electron chi connectivity index (χ0n) is 20.4. The maximum atomic E-state index is 12.7. The minimum Gasteiger partial charge on any atom is -0.458 e. The van der Waals surface area contributed by atoms with E-state index in [0.717, 1.165) is 44.9 Å². The van der Waals surface area contributed by atoms with Crippen molar-refractivity contribution in [3.63, 3.8) is 0 Å². The number of hydrogen-bond donors (Lipinski definition) is 0. The van der Waals surface area contributed by atoms with E-state index in [2.05, 4.69) is 48.5 Å². The van der Waals surface area contributed by atoms with Crippen LogP contribution >= 0.6 is 0 Å². The zero-order valence-corrected chi connectivity index (χ0v) is 20.4. The number of nitrogens with zero attached hydrogens (tertiary/aromatic N) is 1. The van der Waals surface area contributed by atoms with Crippen LogP contribution in [0.2, 0.25) is 0 Å². The molecule has 2 saturated carbocycles. The summed E-state index contributed by atoms with van der Waals surface area (Å²) in [6.45, 7) is 1.41. The van der Waals surface area contributed by atoms with Crippen molar-refractivity contribution in [1.82, 2.24) is 0 Å². The minimum atomic E-state index is -0.955. The Hall–Kier alpha value is -2.86. The Labute approximate surface area is 207 Å². The van der Waals surface area contributed by atoms with Gasteiger partial charge in [0.2, 0.25) is 12.5 Å². The Bertz CT molecular complexity index is 978. The molecule has 2 unspecified atom stereocenters. The van der Waals surface area contributed by atoms with E-state index in [-0.39, 0.29) is 29.3 Å². The molecule has 2 fully saturated rings. The lowest BCUT2D eigenvalue weighted by molar-refractivity contribution is -0.774. The van der Waals surface area contributed by atoms with Gasteiger partial charge in [0.1, 0.15) is 0 Å². The lowest BCUT2D eigenvalue weighted by atomic mass is 9.71. The van der Waals surface area contributed by atoms with E-state index >= 15 is 0 Å². The molecule has 1 aliphatic heterocycles. The molecule has 0 radical (unpaired) electrons. The molecule has 6 nitrogen and oxygen atoms in total. The van der Waals surface area contributed by atoms with E-state index in [1.807, 2.05) is 12.1 Å². The Morgan fingerprint density at radius 3 is 2.17 bits per heavy atom. The summed E-state index contributed by atoms with van der Waals surface area (Å²) >= 11 is 0. The van der Waals surface area contributed by atoms with Crippen LogP contribution in [0.3, 0.4) is 0 Å². The number of carbonyl (C=O) groups is 1. The number of ether oxygens (including phenoxy) is 2. The topological polar surface area (TPSA) is 70.8 Å². The Morgan fingerprint density at radius 1 is 0.943 bits per heavy atom. The molecule has 2 aromatic rings. The molecule has 1 heterocycles. The van der Waals surface area contributed by atoms with Crippen molar-refractivity contribution in [2.45, 2.75) is 82.2 Å². The molecule has 0 saturated heterocycles. The fourth-order valence-electron chi connectivity index (χ4n) is 6.56. The normalized spacial score (nSPS) is 28.7. The number of esters is 1. The van der Waals surface area contributed by atoms with Crippen LogP contribution in [-0.2, 0) is 24.5 Å². The van der Waals surface area contributed by atoms with Gasteiger partial charge in [-0.2, -0.15) is 0 Å². The van der Waals surface area contributed by atoms with E-state index in [1.54, 1.807) is 6.21 Å². The van der Waals surface area contributed by atoms with Crippen LogP contribution in [-0.4, -0.2) is 35.6 Å². The minimum absolute atomic E-state index is 0.222. The fourth-order valence-corrected chi connectivity index (χ4v) is 6.56. The maximum absolute atomic E-state index is 12.7. The molecule has 5 rings (SSSR count). The molecule has 186 valence electrons. The van der Waals surface area contributed by atoms with Crippen molar-refractivity contribution in [3.8, 4) is 0 Å². The average Bonchev–Trinajstić information content (AvgIpc) is 3.31. The van der Waals surface area contributed by atoms with Gasteiger partial charge in [-0.25, -0.2) is 0 Å². The number of carbonyl (C=O) groups excluding carboxylic acids is 1. The van der Waals surface area contributed by atoms with Gasteiger partial charge in [-0.3, -0.25) is 10.0 Å². The molecule has 3 aliphatic rings. The summed E-state index contributed by atoms with van der Waals surface area (Å²) in [6.07, 6.45) is 7.94. The molecule has 0 amide bonds. The van der Waals surface area contributed by atoms with Crippen molar-refractivity contribution >= 4 is 12.2 Å². The zero-order chi connectivity index (χ0) is 24.3. The third kappa shape index (κ3) is 4.81. The SMILES string of the molecule is CC(=O)O[C@@H]1C(C2CCCCC2)C=[N+]([O-])O[C@@H]1OC1CCCC1(c1ccccc1)c1ccccc1. The molecule has 0 spiro atoms. The second kappa shape index (κ2) is 10.4. The molecule has 4 atom stereocenters. The summed E-state index contributed by atoms with van der Waals surface area (Å²) in [4.78, 5) is 18.3. The summed E-state index contributed by atoms with van der Waals surface area (Å²) in [7, 11) is 0. The highest BCUT2D eigenvalue weighted by molar-refractivity contribution is 5.67. The van der Waals surface area contributed by atoms with Crippen LogP contribution in [0, 0.1) is 17.0 Å². The van der Waals surface area contributed by atoms with Gasteiger partial charge >= 0.3 is 5.97 Å². The van der Waals surface area contributed by atoms with Crippen LogP contribution in [0.5, 0.6) is 0 Å². The first-order valence-corrected chi connectivity index (χ1v) is 13.0. The van der Waals surface area contributed by atoms with Crippen LogP contribution < -0.4 is 0 Å². The second-order valence-corrected chi connectivity index (χ2v) is 10.2. The summed E-state index contributed by atoms with van der Waals surface area (Å²) in [6, 6.07) is 20.9. The summed E-state index contributed by atoms with van der Waals surface area (Å²) in [5.74, 6) is -0.333. The molecular weight excluding hydrogens is 442 g/mol. The standard InChI is InChI=1S/C29H35NO5/c1-21(31)33-27-25(22-12-5-2-6-13-22)20-30(32)35-28(27)34-26-18-11-19-29(26,23-14-7-3-8-15-23)24-16-9-4-10-17-24/h3-4,7-10,14-17,20,22,25-28H,2,5-6,11-13,18-19H2,1H3/t25?,26?,27-,28+/m1/s1. The molecule has 2 aromatic carbocycles. The van der Waals surface area contributed by atoms with Crippen LogP contribution in [0.1, 0.15) is 69.4 Å². The molecule has 2 aliphatic carbocycles. The van der Waals surface area contributed by atoms with Gasteiger partial charge in [-0.15, -0.1) is 0 Å². The summed E-state index contributed by atoms with van der Waals surface area (Å²) in [5, 5.41) is 12.7. The predicted molar refractivity (Wildman–Crippen MR) is 133 cm³/mol. The van der Waals surface area contributed by atoms with Gasteiger partial charge < -0.3 is 14.3 Å². The third-order valence-corrected chi connectivity index (χ3v) is 8.11. The largest absolute Gasteiger partial charge is 0.458 e. The molecule has 35 heavy (non-hydrogen) atoms. The molecule has 0 N–H and O–H groups in total. The average molecular weight is 478 g/mol. The van der Waals surface area contributed by atoms with E-state index in [9.17, 15) is 10.0 Å². The first-order valence-electron chi connectivity index (χ1n) is 13.0. The smallest absolute Gasteiger partial charge is 0.303 e. The van der Waals surface area contributed by atoms with Crippen molar-refractivity contribution in [2.75, 3.05) is 0 Å². The number of benzene rings is 2. The molecular formula is C29H35NO5. The van der Waals surface area contributed by atoms with E-state index in [4.69, 9.17) is 14.3 Å². The van der Waals surface area contributed by atoms with Gasteiger partial charge in [0.05, 0.1) is 12.0 Å². The molecule has 6 heteroatoms. The van der Waals surface area contributed by atoms with Crippen LogP contribution in [0.15, 0.2) is 60.7 Å². The van der Waals surface area contributed by atoms with Gasteiger partial charge in [-0.1, -0.05) is 79.9 Å². The van der Waals surface area contributed by atoms with Crippen LogP contribution in [0.25, 0.3) is 0 Å². The molecule has 0 bridgehead atoms. The Kier molecular flexibility index (Phi) is 7.09. The van der Waals surface area contributed by atoms with Crippen molar-refractivity contribution in [1.29, 1.82) is 0 Å². The van der Waals surface area contributed by atoms with Crippen LogP contribution in [0.4, 0.5) is 0 Å². The monoisotopic (exact) mass is 477 g/mol. The van der Waals surface area contributed by atoms with Crippen molar-refractivity contribution in [2.24, 2.45) is 11.8 Å². The van der Waals surface area contributed by atoms with E-state index in [1.165, 1.54) is 24.5 Å². The Morgan fingerprint density at radius 2 is 1.57 bits per heavy atom. The highest BCUT2D eigenvalue weighted by Gasteiger charge is 2.50. The third-order valence-electron chi connectivity index (χ3n) is 8.11. The van der Waals surface area contributed by atoms with Crippen molar-refractivity contribution in [3.05, 3.63) is 77.0 Å². The summed E-state index contributed by atoms with van der Waals surface area (Å²) < 4.78 is 12.5. The van der Waals surface area contributed by atoms with E-state index in [0.29, 0.717) is 4.90 Å². The number of rotatable bonds is 6. The van der Waals surface area contributed by atoms with E-state index < -0.39 is 12.4 Å².